The molecule has 0 bridgehead atoms. The number of amides is 1. The molecule has 1 N–H and O–H groups in total. The molecule has 1 saturated heterocycles. The van der Waals surface area contributed by atoms with Gasteiger partial charge in [0, 0.05) is 0 Å². The molecular formula is C13H8F3NO3S2. The van der Waals surface area contributed by atoms with Crippen molar-refractivity contribution in [3.63, 3.8) is 0 Å². The van der Waals surface area contributed by atoms with Crippen LogP contribution >= 0.6 is 24.0 Å². The second kappa shape index (κ2) is 6.09. The minimum Gasteiger partial charge on any atom is -0.480 e. The average Bonchev–Trinajstić information content (AvgIpc) is 2.65. The minimum atomic E-state index is -4.48. The van der Waals surface area contributed by atoms with Gasteiger partial charge in [-0.15, -0.1) is 0 Å². The quantitative estimate of drug-likeness (QED) is 0.673. The number of hydrogen-bond acceptors (Lipinski definition) is 4. The molecule has 0 unspecified atom stereocenters. The van der Waals surface area contributed by atoms with Crippen molar-refractivity contribution in [1.29, 1.82) is 0 Å². The largest absolute Gasteiger partial charge is 0.480 e. The molecule has 1 fully saturated rings. The second-order valence-electron chi connectivity index (χ2n) is 4.28. The normalized spacial score (nSPS) is 17.4. The highest BCUT2D eigenvalue weighted by Gasteiger charge is 2.34. The van der Waals surface area contributed by atoms with Gasteiger partial charge in [0.1, 0.15) is 10.9 Å². The molecular weight excluding hydrogens is 339 g/mol. The first kappa shape index (κ1) is 16.5. The van der Waals surface area contributed by atoms with Gasteiger partial charge in [0.2, 0.25) is 0 Å². The van der Waals surface area contributed by atoms with Crippen LogP contribution in [0.3, 0.4) is 0 Å². The van der Waals surface area contributed by atoms with Crippen molar-refractivity contribution in [3.8, 4) is 0 Å². The molecule has 0 saturated carbocycles. The molecule has 116 valence electrons. The molecule has 1 aromatic rings. The first-order valence-corrected chi connectivity index (χ1v) is 7.05. The van der Waals surface area contributed by atoms with Gasteiger partial charge in [0.15, 0.2) is 0 Å². The van der Waals surface area contributed by atoms with Gasteiger partial charge < -0.3 is 5.11 Å². The Balaban J connectivity index is 2.29. The third-order valence-electron chi connectivity index (χ3n) is 2.68. The van der Waals surface area contributed by atoms with Crippen molar-refractivity contribution in [3.05, 3.63) is 40.3 Å². The number of carboxylic acid groups (broad SMARTS) is 1. The number of hydrogen-bond donors (Lipinski definition) is 1. The number of benzene rings is 1. The number of halogens is 3. The summed E-state index contributed by atoms with van der Waals surface area (Å²) in [6, 6.07) is 4.47. The standard InChI is InChI=1S/C13H8F3NO3S2/c14-13(15,16)8-3-1-2-7(4-8)5-9-11(20)17(6-10(18)19)12(21)22-9/h1-5H,6H2,(H,18,19)/b9-5+. The maximum atomic E-state index is 12.6. The zero-order chi connectivity index (χ0) is 16.5. The van der Waals surface area contributed by atoms with Crippen LogP contribution in [-0.4, -0.2) is 32.7 Å². The van der Waals surface area contributed by atoms with E-state index in [1.54, 1.807) is 0 Å². The number of nitrogens with zero attached hydrogens (tertiary/aromatic N) is 1. The van der Waals surface area contributed by atoms with E-state index >= 15 is 0 Å². The molecule has 4 nitrogen and oxygen atoms in total. The fraction of sp³-hybridized carbons (Fsp3) is 0.154. The molecule has 1 heterocycles. The van der Waals surface area contributed by atoms with Gasteiger partial charge in [-0.05, 0) is 23.8 Å². The topological polar surface area (TPSA) is 57.6 Å². The zero-order valence-electron chi connectivity index (χ0n) is 10.8. The highest BCUT2D eigenvalue weighted by molar-refractivity contribution is 8.26. The first-order chi connectivity index (χ1) is 10.2. The van der Waals surface area contributed by atoms with Crippen LogP contribution in [0.2, 0.25) is 0 Å². The lowest BCUT2D eigenvalue weighted by Crippen LogP contribution is -2.33. The summed E-state index contributed by atoms with van der Waals surface area (Å²) in [6.45, 7) is -0.579. The molecule has 0 radical (unpaired) electrons. The minimum absolute atomic E-state index is 0.0608. The number of thioether (sulfide) groups is 1. The lowest BCUT2D eigenvalue weighted by Gasteiger charge is -2.10. The molecule has 0 atom stereocenters. The van der Waals surface area contributed by atoms with Crippen LogP contribution in [-0.2, 0) is 15.8 Å². The Morgan fingerprint density at radius 2 is 2.09 bits per heavy atom. The van der Waals surface area contributed by atoms with E-state index in [1.807, 2.05) is 0 Å². The summed E-state index contributed by atoms with van der Waals surface area (Å²) >= 11 is 5.75. The monoisotopic (exact) mass is 347 g/mol. The summed E-state index contributed by atoms with van der Waals surface area (Å²) < 4.78 is 38.0. The van der Waals surface area contributed by atoms with E-state index in [0.717, 1.165) is 28.8 Å². The number of carbonyl (C=O) groups is 2. The smallest absolute Gasteiger partial charge is 0.416 e. The fourth-order valence-electron chi connectivity index (χ4n) is 1.73. The molecule has 0 aliphatic carbocycles. The van der Waals surface area contributed by atoms with E-state index in [2.05, 4.69) is 0 Å². The summed E-state index contributed by atoms with van der Waals surface area (Å²) in [5.41, 5.74) is -0.645. The molecule has 1 aromatic carbocycles. The summed E-state index contributed by atoms with van der Waals surface area (Å²) in [5, 5.41) is 8.70. The zero-order valence-corrected chi connectivity index (χ0v) is 12.4. The van der Waals surface area contributed by atoms with Crippen molar-refractivity contribution >= 4 is 46.3 Å². The molecule has 1 amide bonds. The van der Waals surface area contributed by atoms with Crippen molar-refractivity contribution in [1.82, 2.24) is 4.90 Å². The van der Waals surface area contributed by atoms with Gasteiger partial charge in [-0.25, -0.2) is 0 Å². The fourth-order valence-corrected chi connectivity index (χ4v) is 2.98. The molecule has 0 spiro atoms. The van der Waals surface area contributed by atoms with Gasteiger partial charge in [0.05, 0.1) is 10.5 Å². The Hall–Kier alpha value is -1.87. The predicted octanol–water partition coefficient (Wildman–Crippen LogP) is 2.99. The van der Waals surface area contributed by atoms with Gasteiger partial charge in [-0.1, -0.05) is 36.1 Å². The van der Waals surface area contributed by atoms with Gasteiger partial charge in [-0.2, -0.15) is 13.2 Å². The van der Waals surface area contributed by atoms with Crippen molar-refractivity contribution in [2.45, 2.75) is 6.18 Å². The Morgan fingerprint density at radius 1 is 1.41 bits per heavy atom. The Kier molecular flexibility index (Phi) is 4.57. The Morgan fingerprint density at radius 3 is 2.68 bits per heavy atom. The first-order valence-electron chi connectivity index (χ1n) is 5.83. The predicted molar refractivity (Wildman–Crippen MR) is 79.0 cm³/mol. The van der Waals surface area contributed by atoms with E-state index in [1.165, 1.54) is 18.2 Å². The highest BCUT2D eigenvalue weighted by Crippen LogP contribution is 2.34. The summed E-state index contributed by atoms with van der Waals surface area (Å²) in [7, 11) is 0. The van der Waals surface area contributed by atoms with Crippen LogP contribution < -0.4 is 0 Å². The maximum Gasteiger partial charge on any atom is 0.416 e. The summed E-state index contributed by atoms with van der Waals surface area (Å²) in [4.78, 5) is 23.6. The van der Waals surface area contributed by atoms with Crippen LogP contribution in [0.5, 0.6) is 0 Å². The Labute approximate surface area is 132 Å². The van der Waals surface area contributed by atoms with E-state index in [4.69, 9.17) is 17.3 Å². The second-order valence-corrected chi connectivity index (χ2v) is 5.96. The molecule has 22 heavy (non-hydrogen) atoms. The number of thiocarbonyl (C=S) groups is 1. The molecule has 9 heteroatoms. The van der Waals surface area contributed by atoms with Crippen LogP contribution in [0, 0.1) is 0 Å². The lowest BCUT2D eigenvalue weighted by atomic mass is 10.1. The van der Waals surface area contributed by atoms with E-state index in [0.29, 0.717) is 0 Å². The number of carbonyl (C=O) groups excluding carboxylic acids is 1. The van der Waals surface area contributed by atoms with Crippen LogP contribution in [0.1, 0.15) is 11.1 Å². The van der Waals surface area contributed by atoms with Crippen molar-refractivity contribution in [2.75, 3.05) is 6.54 Å². The molecule has 1 aliphatic heterocycles. The van der Waals surface area contributed by atoms with E-state index in [-0.39, 0.29) is 14.8 Å². The van der Waals surface area contributed by atoms with E-state index < -0.39 is 30.2 Å². The highest BCUT2D eigenvalue weighted by atomic mass is 32.2. The number of rotatable bonds is 3. The Bertz CT molecular complexity index is 685. The van der Waals surface area contributed by atoms with Gasteiger partial charge >= 0.3 is 12.1 Å². The van der Waals surface area contributed by atoms with Crippen LogP contribution in [0.25, 0.3) is 6.08 Å². The van der Waals surface area contributed by atoms with E-state index in [9.17, 15) is 22.8 Å². The van der Waals surface area contributed by atoms with Crippen LogP contribution in [0.4, 0.5) is 13.2 Å². The van der Waals surface area contributed by atoms with Gasteiger partial charge in [0.25, 0.3) is 5.91 Å². The summed E-state index contributed by atoms with van der Waals surface area (Å²) in [5.74, 6) is -1.86. The third kappa shape index (κ3) is 3.66. The van der Waals surface area contributed by atoms with Crippen molar-refractivity contribution in [2.24, 2.45) is 0 Å². The molecule has 1 aliphatic rings. The van der Waals surface area contributed by atoms with Gasteiger partial charge in [-0.3, -0.25) is 14.5 Å². The number of aliphatic carboxylic acids is 1. The lowest BCUT2D eigenvalue weighted by molar-refractivity contribution is -0.140. The SMILES string of the molecule is O=C(O)CN1C(=O)/C(=C\c2cccc(C(F)(F)F)c2)SC1=S. The molecule has 2 rings (SSSR count). The number of alkyl halides is 3. The van der Waals surface area contributed by atoms with Crippen LogP contribution in [0.15, 0.2) is 29.2 Å². The average molecular weight is 347 g/mol. The maximum absolute atomic E-state index is 12.6. The molecule has 0 aromatic heterocycles. The third-order valence-corrected chi connectivity index (χ3v) is 4.06. The van der Waals surface area contributed by atoms with Crippen molar-refractivity contribution < 1.29 is 27.9 Å². The summed E-state index contributed by atoms with van der Waals surface area (Å²) in [6.07, 6.45) is -3.22. The number of carboxylic acids is 1.